The van der Waals surface area contributed by atoms with E-state index in [1.807, 2.05) is 13.0 Å². The van der Waals surface area contributed by atoms with Gasteiger partial charge in [-0.1, -0.05) is 19.1 Å². The Hall–Kier alpha value is -3.42. The third-order valence-corrected chi connectivity index (χ3v) is 3.85. The molecule has 0 fully saturated rings. The minimum atomic E-state index is -0.660. The number of anilines is 1. The number of hydrogen-bond acceptors (Lipinski definition) is 7. The number of ether oxygens (including phenoxy) is 5. The van der Waals surface area contributed by atoms with Gasteiger partial charge in [-0.05, 0) is 30.7 Å². The van der Waals surface area contributed by atoms with E-state index in [2.05, 4.69) is 5.32 Å². The van der Waals surface area contributed by atoms with Crippen LogP contribution in [0, 0.1) is 0 Å². The van der Waals surface area contributed by atoms with Crippen LogP contribution in [0.1, 0.15) is 13.3 Å². The van der Waals surface area contributed by atoms with E-state index in [4.69, 9.17) is 23.7 Å². The second-order valence-corrected chi connectivity index (χ2v) is 6.15. The number of fused-ring (bicyclic) bond motifs is 1. The van der Waals surface area contributed by atoms with Crippen molar-refractivity contribution in [1.29, 1.82) is 0 Å². The van der Waals surface area contributed by atoms with Crippen LogP contribution in [0.25, 0.3) is 0 Å². The molecule has 0 atom stereocenters. The van der Waals surface area contributed by atoms with Crippen molar-refractivity contribution in [2.24, 2.45) is 0 Å². The molecule has 1 N–H and O–H groups in total. The molecule has 154 valence electrons. The zero-order chi connectivity index (χ0) is 20.5. The monoisotopic (exact) mass is 401 g/mol. The van der Waals surface area contributed by atoms with Gasteiger partial charge in [-0.2, -0.15) is 0 Å². The number of hydrogen-bond donors (Lipinski definition) is 1. The van der Waals surface area contributed by atoms with Crippen molar-refractivity contribution in [3.63, 3.8) is 0 Å². The Labute approximate surface area is 168 Å². The molecule has 0 bridgehead atoms. The fourth-order valence-corrected chi connectivity index (χ4v) is 2.54. The molecule has 1 heterocycles. The molecular formula is C21H23NO7. The molecule has 1 amide bonds. The zero-order valence-corrected chi connectivity index (χ0v) is 16.1. The number of carbonyl (C=O) groups excluding carboxylic acids is 2. The number of nitrogens with one attached hydrogen (secondary N) is 1. The first-order valence-corrected chi connectivity index (χ1v) is 9.35. The van der Waals surface area contributed by atoms with Crippen molar-refractivity contribution >= 4 is 17.6 Å². The molecule has 0 aliphatic carbocycles. The lowest BCUT2D eigenvalue weighted by Crippen LogP contribution is -2.24. The molecule has 1 aliphatic rings. The van der Waals surface area contributed by atoms with Gasteiger partial charge in [0.1, 0.15) is 13.2 Å². The van der Waals surface area contributed by atoms with E-state index in [0.29, 0.717) is 48.5 Å². The van der Waals surface area contributed by atoms with Crippen molar-refractivity contribution in [2.75, 3.05) is 38.4 Å². The summed E-state index contributed by atoms with van der Waals surface area (Å²) in [4.78, 5) is 23.9. The molecule has 8 heteroatoms. The fourth-order valence-electron chi connectivity index (χ4n) is 2.54. The van der Waals surface area contributed by atoms with Gasteiger partial charge in [0, 0.05) is 11.8 Å². The van der Waals surface area contributed by atoms with Gasteiger partial charge >= 0.3 is 5.97 Å². The Morgan fingerprint density at radius 3 is 2.45 bits per heavy atom. The second-order valence-electron chi connectivity index (χ2n) is 6.15. The number of carbonyl (C=O) groups is 2. The second kappa shape index (κ2) is 10.2. The molecule has 3 rings (SSSR count). The zero-order valence-electron chi connectivity index (χ0n) is 16.1. The highest BCUT2D eigenvalue weighted by Gasteiger charge is 2.14. The summed E-state index contributed by atoms with van der Waals surface area (Å²) >= 11 is 0. The van der Waals surface area contributed by atoms with E-state index in [-0.39, 0.29) is 6.61 Å². The van der Waals surface area contributed by atoms with Gasteiger partial charge in [-0.3, -0.25) is 4.79 Å². The Morgan fingerprint density at radius 1 is 0.966 bits per heavy atom. The highest BCUT2D eigenvalue weighted by Crippen LogP contribution is 2.32. The Balaban J connectivity index is 1.43. The maximum Gasteiger partial charge on any atom is 0.344 e. The highest BCUT2D eigenvalue weighted by molar-refractivity contribution is 5.93. The van der Waals surface area contributed by atoms with Crippen LogP contribution >= 0.6 is 0 Å². The van der Waals surface area contributed by atoms with E-state index in [0.717, 1.165) is 6.42 Å². The van der Waals surface area contributed by atoms with Gasteiger partial charge in [0.05, 0.1) is 6.61 Å². The molecular weight excluding hydrogens is 378 g/mol. The first kappa shape index (κ1) is 20.3. The third kappa shape index (κ3) is 6.03. The lowest BCUT2D eigenvalue weighted by Gasteiger charge is -2.19. The van der Waals surface area contributed by atoms with Crippen LogP contribution in [0.15, 0.2) is 42.5 Å². The average molecular weight is 401 g/mol. The van der Waals surface area contributed by atoms with Crippen LogP contribution < -0.4 is 24.3 Å². The minimum Gasteiger partial charge on any atom is -0.490 e. The van der Waals surface area contributed by atoms with E-state index >= 15 is 0 Å². The SMILES string of the molecule is CCCOc1ccccc1OCC(=O)OCC(=O)Nc1ccc2c(c1)OCCO2. The largest absolute Gasteiger partial charge is 0.490 e. The first-order valence-electron chi connectivity index (χ1n) is 9.35. The normalized spacial score (nSPS) is 12.0. The maximum atomic E-state index is 12.0. The standard InChI is InChI=1S/C21H23NO7/c1-2-9-25-16-5-3-4-6-17(16)28-14-21(24)29-13-20(23)22-15-7-8-18-19(12-15)27-11-10-26-18/h3-8,12H,2,9-11,13-14H2,1H3,(H,22,23). The fraction of sp³-hybridized carbons (Fsp3) is 0.333. The number of rotatable bonds is 9. The van der Waals surface area contributed by atoms with Gasteiger partial charge in [-0.25, -0.2) is 4.79 Å². The summed E-state index contributed by atoms with van der Waals surface area (Å²) in [5.41, 5.74) is 0.522. The number of para-hydroxylation sites is 2. The molecule has 8 nitrogen and oxygen atoms in total. The van der Waals surface area contributed by atoms with Gasteiger partial charge in [-0.15, -0.1) is 0 Å². The lowest BCUT2D eigenvalue weighted by atomic mass is 10.2. The summed E-state index contributed by atoms with van der Waals surface area (Å²) in [6.07, 6.45) is 0.856. The molecule has 2 aromatic rings. The number of benzene rings is 2. The molecule has 1 aliphatic heterocycles. The van der Waals surface area contributed by atoms with Crippen molar-refractivity contribution in [3.8, 4) is 23.0 Å². The Kier molecular flexibility index (Phi) is 7.16. The molecule has 0 radical (unpaired) electrons. The van der Waals surface area contributed by atoms with Crippen LogP contribution in [0.3, 0.4) is 0 Å². The van der Waals surface area contributed by atoms with E-state index in [9.17, 15) is 9.59 Å². The summed E-state index contributed by atoms with van der Waals surface area (Å²) in [5.74, 6) is 1.05. The third-order valence-electron chi connectivity index (χ3n) is 3.85. The van der Waals surface area contributed by atoms with Crippen LogP contribution in [0.4, 0.5) is 5.69 Å². The number of esters is 1. The topological polar surface area (TPSA) is 92.3 Å². The smallest absolute Gasteiger partial charge is 0.344 e. The van der Waals surface area contributed by atoms with E-state index < -0.39 is 18.5 Å². The van der Waals surface area contributed by atoms with Gasteiger partial charge in [0.25, 0.3) is 5.91 Å². The van der Waals surface area contributed by atoms with Gasteiger partial charge in [0.2, 0.25) is 0 Å². The first-order chi connectivity index (χ1) is 14.2. The molecule has 0 spiro atoms. The van der Waals surface area contributed by atoms with Crippen molar-refractivity contribution in [3.05, 3.63) is 42.5 Å². The van der Waals surface area contributed by atoms with Gasteiger partial charge < -0.3 is 29.0 Å². The summed E-state index contributed by atoms with van der Waals surface area (Å²) in [7, 11) is 0. The van der Waals surface area contributed by atoms with Crippen LogP contribution in [-0.4, -0.2) is 44.9 Å². The van der Waals surface area contributed by atoms with Crippen LogP contribution in [-0.2, 0) is 14.3 Å². The average Bonchev–Trinajstić information content (AvgIpc) is 2.75. The van der Waals surface area contributed by atoms with Crippen molar-refractivity contribution in [2.45, 2.75) is 13.3 Å². The van der Waals surface area contributed by atoms with Crippen molar-refractivity contribution in [1.82, 2.24) is 0 Å². The summed E-state index contributed by atoms with van der Waals surface area (Å²) in [6.45, 7) is 2.73. The van der Waals surface area contributed by atoms with E-state index in [1.54, 1.807) is 36.4 Å². The Morgan fingerprint density at radius 2 is 1.69 bits per heavy atom. The lowest BCUT2D eigenvalue weighted by molar-refractivity contribution is -0.149. The quantitative estimate of drug-likeness (QED) is 0.646. The predicted octanol–water partition coefficient (Wildman–Crippen LogP) is 2.81. The minimum absolute atomic E-state index is 0.330. The van der Waals surface area contributed by atoms with Crippen molar-refractivity contribution < 1.29 is 33.3 Å². The summed E-state index contributed by atoms with van der Waals surface area (Å²) < 4.78 is 26.9. The highest BCUT2D eigenvalue weighted by atomic mass is 16.6. The Bertz CT molecular complexity index is 853. The molecule has 29 heavy (non-hydrogen) atoms. The molecule has 0 unspecified atom stereocenters. The molecule has 2 aromatic carbocycles. The molecule has 0 aromatic heterocycles. The molecule has 0 saturated heterocycles. The van der Waals surface area contributed by atoms with Crippen LogP contribution in [0.2, 0.25) is 0 Å². The predicted molar refractivity (Wildman–Crippen MR) is 105 cm³/mol. The summed E-state index contributed by atoms with van der Waals surface area (Å²) in [6, 6.07) is 12.1. The van der Waals surface area contributed by atoms with Gasteiger partial charge in [0.15, 0.2) is 36.2 Å². The molecule has 0 saturated carbocycles. The van der Waals surface area contributed by atoms with E-state index in [1.165, 1.54) is 0 Å². The summed E-state index contributed by atoms with van der Waals surface area (Å²) in [5, 5.41) is 2.64. The maximum absolute atomic E-state index is 12.0. The van der Waals surface area contributed by atoms with Crippen LogP contribution in [0.5, 0.6) is 23.0 Å². The number of amides is 1.